The molecule has 4 aromatic carbocycles. The van der Waals surface area contributed by atoms with Crippen LogP contribution in [0.1, 0.15) is 22.3 Å². The Kier molecular flexibility index (Phi) is 10.9. The number of benzene rings is 4. The summed E-state index contributed by atoms with van der Waals surface area (Å²) in [6.45, 7) is 0. The van der Waals surface area contributed by atoms with Gasteiger partial charge in [-0.2, -0.15) is 0 Å². The standard InChI is InChI=1S/2C14H12.CH2O3/c2*1-3-7-13(8-4-1)11-12-14-9-5-2-6-10-14;2-1(3)4/h2*1-12H;(H2,2,3,4). The lowest BCUT2D eigenvalue weighted by Crippen LogP contribution is -1.81. The molecular formula is C29H26O3. The molecule has 32 heavy (non-hydrogen) atoms. The maximum Gasteiger partial charge on any atom is 0.503 e. The molecule has 0 aromatic heterocycles. The fourth-order valence-corrected chi connectivity index (χ4v) is 2.64. The van der Waals surface area contributed by atoms with Crippen molar-refractivity contribution in [1.29, 1.82) is 0 Å². The third-order valence-electron chi connectivity index (χ3n) is 4.13. The monoisotopic (exact) mass is 422 g/mol. The van der Waals surface area contributed by atoms with E-state index in [1.54, 1.807) is 0 Å². The lowest BCUT2D eigenvalue weighted by Gasteiger charge is -1.92. The summed E-state index contributed by atoms with van der Waals surface area (Å²) in [7, 11) is 0. The first-order valence-corrected chi connectivity index (χ1v) is 10.1. The van der Waals surface area contributed by atoms with Gasteiger partial charge in [-0.3, -0.25) is 0 Å². The molecule has 0 amide bonds. The van der Waals surface area contributed by atoms with Crippen molar-refractivity contribution in [2.24, 2.45) is 0 Å². The molecule has 4 rings (SSSR count). The van der Waals surface area contributed by atoms with Gasteiger partial charge in [-0.15, -0.1) is 0 Å². The van der Waals surface area contributed by atoms with E-state index < -0.39 is 6.16 Å². The summed E-state index contributed by atoms with van der Waals surface area (Å²) in [6.07, 6.45) is 6.65. The van der Waals surface area contributed by atoms with E-state index >= 15 is 0 Å². The predicted octanol–water partition coefficient (Wildman–Crippen LogP) is 7.94. The molecule has 160 valence electrons. The first-order valence-electron chi connectivity index (χ1n) is 10.1. The van der Waals surface area contributed by atoms with Crippen LogP contribution in [-0.2, 0) is 0 Å². The Morgan fingerprint density at radius 1 is 0.406 bits per heavy atom. The molecule has 2 N–H and O–H groups in total. The number of carbonyl (C=O) groups is 1. The van der Waals surface area contributed by atoms with Gasteiger partial charge in [0.15, 0.2) is 0 Å². The number of carboxylic acid groups (broad SMARTS) is 2. The summed E-state index contributed by atoms with van der Waals surface area (Å²) in [5, 5.41) is 13.9. The molecule has 0 unspecified atom stereocenters. The second-order valence-electron chi connectivity index (χ2n) is 6.59. The van der Waals surface area contributed by atoms with Crippen molar-refractivity contribution in [2.75, 3.05) is 0 Å². The molecule has 0 fully saturated rings. The van der Waals surface area contributed by atoms with Crippen LogP contribution >= 0.6 is 0 Å². The molecule has 0 radical (unpaired) electrons. The summed E-state index contributed by atoms with van der Waals surface area (Å²) < 4.78 is 0. The van der Waals surface area contributed by atoms with Gasteiger partial charge >= 0.3 is 6.16 Å². The molecule has 3 heteroatoms. The molecule has 0 saturated carbocycles. The summed E-state index contributed by atoms with van der Waals surface area (Å²) >= 11 is 0. The lowest BCUT2D eigenvalue weighted by atomic mass is 10.1. The van der Waals surface area contributed by atoms with Crippen LogP contribution in [0.2, 0.25) is 0 Å². The summed E-state index contributed by atoms with van der Waals surface area (Å²) in [5.41, 5.74) is 4.93. The fraction of sp³-hybridized carbons (Fsp3) is 0. The molecule has 0 atom stereocenters. The molecule has 3 nitrogen and oxygen atoms in total. The van der Waals surface area contributed by atoms with Crippen molar-refractivity contribution in [3.05, 3.63) is 144 Å². The zero-order valence-corrected chi connectivity index (χ0v) is 17.7. The third-order valence-corrected chi connectivity index (χ3v) is 4.13. The van der Waals surface area contributed by atoms with E-state index in [-0.39, 0.29) is 0 Å². The van der Waals surface area contributed by atoms with E-state index in [9.17, 15) is 0 Å². The topological polar surface area (TPSA) is 57.5 Å². The minimum Gasteiger partial charge on any atom is -0.450 e. The Labute approximate surface area is 189 Å². The Balaban J connectivity index is 0.000000195. The highest BCUT2D eigenvalue weighted by Gasteiger charge is 1.85. The van der Waals surface area contributed by atoms with Gasteiger partial charge in [0.05, 0.1) is 0 Å². The Morgan fingerprint density at radius 2 is 0.562 bits per heavy atom. The van der Waals surface area contributed by atoms with E-state index in [0.717, 1.165) is 0 Å². The summed E-state index contributed by atoms with van der Waals surface area (Å²) in [5.74, 6) is 0. The lowest BCUT2D eigenvalue weighted by molar-refractivity contribution is 0.137. The largest absolute Gasteiger partial charge is 0.503 e. The zero-order chi connectivity index (χ0) is 22.9. The van der Waals surface area contributed by atoms with Crippen LogP contribution < -0.4 is 0 Å². The van der Waals surface area contributed by atoms with Gasteiger partial charge in [0.1, 0.15) is 0 Å². The smallest absolute Gasteiger partial charge is 0.450 e. The highest BCUT2D eigenvalue weighted by atomic mass is 16.6. The molecule has 0 aliphatic heterocycles. The second-order valence-corrected chi connectivity index (χ2v) is 6.59. The first kappa shape index (κ1) is 23.9. The van der Waals surface area contributed by atoms with Crippen LogP contribution in [0.3, 0.4) is 0 Å². The molecule has 4 aromatic rings. The molecular weight excluding hydrogens is 396 g/mol. The molecule has 0 aliphatic carbocycles. The summed E-state index contributed by atoms with van der Waals surface area (Å²) in [4.78, 5) is 8.56. The SMILES string of the molecule is C(=Cc1ccccc1)c1ccccc1.C(=Cc1ccccc1)c1ccccc1.O=C(O)O. The van der Waals surface area contributed by atoms with Crippen LogP contribution in [0.15, 0.2) is 121 Å². The maximum absolute atomic E-state index is 8.56. The minimum absolute atomic E-state index is 1.23. The van der Waals surface area contributed by atoms with Gasteiger partial charge in [0.25, 0.3) is 0 Å². The van der Waals surface area contributed by atoms with Crippen LogP contribution in [0.5, 0.6) is 0 Å². The number of hydrogen-bond donors (Lipinski definition) is 2. The molecule has 0 aliphatic rings. The highest BCUT2D eigenvalue weighted by Crippen LogP contribution is 2.08. The quantitative estimate of drug-likeness (QED) is 0.328. The van der Waals surface area contributed by atoms with E-state index in [1.165, 1.54) is 22.3 Å². The zero-order valence-electron chi connectivity index (χ0n) is 17.7. The van der Waals surface area contributed by atoms with Crippen molar-refractivity contribution in [3.63, 3.8) is 0 Å². The Hall–Kier alpha value is -4.37. The molecule has 0 heterocycles. The third kappa shape index (κ3) is 11.0. The van der Waals surface area contributed by atoms with Gasteiger partial charge < -0.3 is 10.2 Å². The molecule has 0 bridgehead atoms. The Bertz CT molecular complexity index is 900. The minimum atomic E-state index is -1.83. The van der Waals surface area contributed by atoms with E-state index in [0.29, 0.717) is 0 Å². The van der Waals surface area contributed by atoms with Crippen molar-refractivity contribution in [3.8, 4) is 0 Å². The first-order chi connectivity index (χ1) is 15.6. The average molecular weight is 423 g/mol. The van der Waals surface area contributed by atoms with Gasteiger partial charge in [0, 0.05) is 0 Å². The highest BCUT2D eigenvalue weighted by molar-refractivity contribution is 5.70. The van der Waals surface area contributed by atoms with Crippen molar-refractivity contribution in [1.82, 2.24) is 0 Å². The van der Waals surface area contributed by atoms with Gasteiger partial charge in [0.2, 0.25) is 0 Å². The maximum atomic E-state index is 8.56. The van der Waals surface area contributed by atoms with Gasteiger partial charge in [-0.05, 0) is 22.3 Å². The van der Waals surface area contributed by atoms with E-state index in [2.05, 4.69) is 72.8 Å². The summed E-state index contributed by atoms with van der Waals surface area (Å²) in [6, 6.07) is 41.3. The fourth-order valence-electron chi connectivity index (χ4n) is 2.64. The average Bonchev–Trinajstić information content (AvgIpc) is 2.84. The predicted molar refractivity (Wildman–Crippen MR) is 134 cm³/mol. The van der Waals surface area contributed by atoms with E-state index in [1.807, 2.05) is 72.8 Å². The van der Waals surface area contributed by atoms with Crippen molar-refractivity contribution < 1.29 is 15.0 Å². The second kappa shape index (κ2) is 14.6. The number of hydrogen-bond acceptors (Lipinski definition) is 1. The van der Waals surface area contributed by atoms with Crippen LogP contribution in [-0.4, -0.2) is 16.4 Å². The van der Waals surface area contributed by atoms with Crippen molar-refractivity contribution >= 4 is 30.5 Å². The van der Waals surface area contributed by atoms with Crippen molar-refractivity contribution in [2.45, 2.75) is 0 Å². The van der Waals surface area contributed by atoms with E-state index in [4.69, 9.17) is 15.0 Å². The molecule has 0 saturated heterocycles. The van der Waals surface area contributed by atoms with Gasteiger partial charge in [-0.25, -0.2) is 4.79 Å². The Morgan fingerprint density at radius 3 is 0.719 bits per heavy atom. The van der Waals surface area contributed by atoms with Crippen LogP contribution in [0, 0.1) is 0 Å². The van der Waals surface area contributed by atoms with Crippen LogP contribution in [0.4, 0.5) is 4.79 Å². The molecule has 0 spiro atoms. The van der Waals surface area contributed by atoms with Crippen LogP contribution in [0.25, 0.3) is 24.3 Å². The van der Waals surface area contributed by atoms with Gasteiger partial charge in [-0.1, -0.05) is 146 Å². The normalized spacial score (nSPS) is 10.0. The number of rotatable bonds is 4.